The van der Waals surface area contributed by atoms with Crippen LogP contribution in [0.25, 0.3) is 0 Å². The van der Waals surface area contributed by atoms with E-state index >= 15 is 0 Å². The van der Waals surface area contributed by atoms with Crippen LogP contribution in [0, 0.1) is 5.92 Å². The summed E-state index contributed by atoms with van der Waals surface area (Å²) in [6.07, 6.45) is 7.55. The summed E-state index contributed by atoms with van der Waals surface area (Å²) in [5.74, 6) is -6.20. The van der Waals surface area contributed by atoms with Crippen molar-refractivity contribution in [1.82, 2.24) is 31.9 Å². The van der Waals surface area contributed by atoms with E-state index in [-0.39, 0.29) is 18.6 Å². The fourth-order valence-electron chi connectivity index (χ4n) is 5.95. The van der Waals surface area contributed by atoms with Gasteiger partial charge in [-0.05, 0) is 70.6 Å². The van der Waals surface area contributed by atoms with Crippen molar-refractivity contribution in [1.29, 1.82) is 0 Å². The lowest BCUT2D eigenvalue weighted by Crippen LogP contribution is -2.59. The lowest BCUT2D eigenvalue weighted by molar-refractivity contribution is -0.143. The molecule has 0 bridgehead atoms. The summed E-state index contributed by atoms with van der Waals surface area (Å²) in [6.45, 7) is 10.7. The van der Waals surface area contributed by atoms with Crippen LogP contribution in [0.5, 0.6) is 5.75 Å². The first-order valence-corrected chi connectivity index (χ1v) is 20.4. The first-order chi connectivity index (χ1) is 27.3. The van der Waals surface area contributed by atoms with E-state index < -0.39 is 95.8 Å². The van der Waals surface area contributed by atoms with E-state index in [1.807, 2.05) is 0 Å². The van der Waals surface area contributed by atoms with E-state index in [0.717, 1.165) is 19.3 Å². The maximum absolute atomic E-state index is 13.2. The number of rotatable bonds is 28. The van der Waals surface area contributed by atoms with Crippen LogP contribution in [0.1, 0.15) is 125 Å². The molecule has 1 rings (SSSR count). The number of phenols is 1. The third-order valence-electron chi connectivity index (χ3n) is 9.66. The smallest absolute Gasteiger partial charge is 0.326 e. The number of carbonyl (C=O) groups is 7. The maximum atomic E-state index is 13.2. The average molecular weight is 821 g/mol. The molecular weight excluding hydrogens is 752 g/mol. The zero-order chi connectivity index (χ0) is 43.9. The van der Waals surface area contributed by atoms with Gasteiger partial charge in [0.2, 0.25) is 35.4 Å². The number of carboxylic acids is 1. The molecule has 1 unspecified atom stereocenters. The van der Waals surface area contributed by atoms with Crippen molar-refractivity contribution in [2.75, 3.05) is 0 Å². The summed E-state index contributed by atoms with van der Waals surface area (Å²) in [7, 11) is 0. The van der Waals surface area contributed by atoms with Crippen molar-refractivity contribution in [3.8, 4) is 5.75 Å². The molecule has 0 spiro atoms. The molecular formula is C41H68N6O11. The first-order valence-electron chi connectivity index (χ1n) is 20.4. The number of unbranched alkanes of at least 4 members (excludes halogenated alkanes) is 6. The molecule has 1 aromatic rings. The highest BCUT2D eigenvalue weighted by Crippen LogP contribution is 2.14. The van der Waals surface area contributed by atoms with Crippen LogP contribution in [0.2, 0.25) is 0 Å². The van der Waals surface area contributed by atoms with Gasteiger partial charge in [0.05, 0.1) is 12.2 Å². The Morgan fingerprint density at radius 2 is 1.05 bits per heavy atom. The van der Waals surface area contributed by atoms with Gasteiger partial charge in [-0.25, -0.2) is 4.79 Å². The van der Waals surface area contributed by atoms with E-state index in [4.69, 9.17) is 0 Å². The molecule has 0 radical (unpaired) electrons. The zero-order valence-corrected chi connectivity index (χ0v) is 35.1. The van der Waals surface area contributed by atoms with Crippen LogP contribution in [0.3, 0.4) is 0 Å². The molecule has 0 saturated carbocycles. The highest BCUT2D eigenvalue weighted by Gasteiger charge is 2.32. The quantitative estimate of drug-likeness (QED) is 0.0544. The van der Waals surface area contributed by atoms with Gasteiger partial charge in [0.15, 0.2) is 0 Å². The van der Waals surface area contributed by atoms with Gasteiger partial charge in [-0.2, -0.15) is 0 Å². The topological polar surface area (TPSA) is 273 Å². The summed E-state index contributed by atoms with van der Waals surface area (Å²) >= 11 is 0. The second-order valence-corrected chi connectivity index (χ2v) is 15.4. The number of nitrogens with one attached hydrogen (secondary N) is 6. The minimum absolute atomic E-state index is 0.0191. The number of benzene rings is 1. The molecule has 0 aliphatic carbocycles. The van der Waals surface area contributed by atoms with Crippen molar-refractivity contribution in [2.45, 2.75) is 174 Å². The molecule has 0 fully saturated rings. The van der Waals surface area contributed by atoms with E-state index in [2.05, 4.69) is 38.8 Å². The van der Waals surface area contributed by atoms with Crippen LogP contribution in [-0.2, 0) is 40.0 Å². The molecule has 6 amide bonds. The van der Waals surface area contributed by atoms with Crippen molar-refractivity contribution in [2.24, 2.45) is 5.92 Å². The Morgan fingerprint density at radius 3 is 1.55 bits per heavy atom. The second-order valence-electron chi connectivity index (χ2n) is 15.4. The number of hydrogen-bond acceptors (Lipinski definition) is 10. The SMILES string of the molecule is CCCCCCCCCC(O)CCCC(=O)N[C@H](C(=O)N[C@H](C)C(=O)N[C@@H](C)C(=O)N[C@@H](C)C(=O)N[C@H](Cc1ccc(O)cc1)C(=O)N[C@H](C(=O)O)C(C)C)[C@@H](C)O. The Kier molecular flexibility index (Phi) is 23.9. The number of phenolic OH excluding ortho intramolecular Hbond substituents is 1. The fraction of sp³-hybridized carbons (Fsp3) is 0.683. The molecule has 17 heteroatoms. The lowest BCUT2D eigenvalue weighted by atomic mass is 10.0. The highest BCUT2D eigenvalue weighted by atomic mass is 16.4. The van der Waals surface area contributed by atoms with Crippen LogP contribution < -0.4 is 31.9 Å². The van der Waals surface area contributed by atoms with Crippen molar-refractivity contribution >= 4 is 41.4 Å². The molecule has 58 heavy (non-hydrogen) atoms. The minimum Gasteiger partial charge on any atom is -0.508 e. The van der Waals surface area contributed by atoms with Crippen LogP contribution in [0.15, 0.2) is 24.3 Å². The molecule has 8 atom stereocenters. The van der Waals surface area contributed by atoms with Crippen molar-refractivity contribution in [3.05, 3.63) is 29.8 Å². The number of amides is 6. The summed E-state index contributed by atoms with van der Waals surface area (Å²) in [6, 6.07) is -1.65. The molecule has 17 nitrogen and oxygen atoms in total. The Labute approximate surface area is 342 Å². The van der Waals surface area contributed by atoms with Gasteiger partial charge in [-0.1, -0.05) is 77.8 Å². The molecule has 328 valence electrons. The maximum Gasteiger partial charge on any atom is 0.326 e. The third-order valence-corrected chi connectivity index (χ3v) is 9.66. The third kappa shape index (κ3) is 20.1. The normalized spacial score (nSPS) is 15.3. The highest BCUT2D eigenvalue weighted by molar-refractivity contribution is 5.96. The van der Waals surface area contributed by atoms with E-state index in [0.29, 0.717) is 24.8 Å². The lowest BCUT2D eigenvalue weighted by Gasteiger charge is -2.25. The van der Waals surface area contributed by atoms with Gasteiger partial charge < -0.3 is 52.3 Å². The Balaban J connectivity index is 2.69. The number of carboxylic acid groups (broad SMARTS) is 1. The summed E-state index contributed by atoms with van der Waals surface area (Å²) in [4.78, 5) is 89.6. The van der Waals surface area contributed by atoms with Crippen LogP contribution in [0.4, 0.5) is 0 Å². The monoisotopic (exact) mass is 820 g/mol. The molecule has 0 aliphatic rings. The molecule has 0 aromatic heterocycles. The van der Waals surface area contributed by atoms with E-state index in [1.54, 1.807) is 13.8 Å². The van der Waals surface area contributed by atoms with Gasteiger partial charge in [-0.3, -0.25) is 28.8 Å². The van der Waals surface area contributed by atoms with Gasteiger partial charge in [0.1, 0.15) is 42.0 Å². The predicted molar refractivity (Wildman–Crippen MR) is 217 cm³/mol. The summed E-state index contributed by atoms with van der Waals surface area (Å²) in [5, 5.41) is 54.4. The number of aliphatic hydroxyl groups is 2. The van der Waals surface area contributed by atoms with E-state index in [1.165, 1.54) is 77.6 Å². The first kappa shape index (κ1) is 51.2. The van der Waals surface area contributed by atoms with Crippen LogP contribution >= 0.6 is 0 Å². The van der Waals surface area contributed by atoms with Gasteiger partial charge in [0.25, 0.3) is 0 Å². The van der Waals surface area contributed by atoms with E-state index in [9.17, 15) is 54.0 Å². The number of aromatic hydroxyl groups is 1. The molecule has 0 heterocycles. The van der Waals surface area contributed by atoms with Gasteiger partial charge in [-0.15, -0.1) is 0 Å². The Bertz CT molecular complexity index is 1470. The molecule has 0 saturated heterocycles. The molecule has 0 aliphatic heterocycles. The number of hydrogen-bond donors (Lipinski definition) is 10. The minimum atomic E-state index is -1.37. The number of aliphatic carboxylic acids is 1. The molecule has 1 aromatic carbocycles. The number of aliphatic hydroxyl groups excluding tert-OH is 2. The summed E-state index contributed by atoms with van der Waals surface area (Å²) in [5.41, 5.74) is 0.548. The number of carbonyl (C=O) groups excluding carboxylic acids is 6. The van der Waals surface area contributed by atoms with Gasteiger partial charge >= 0.3 is 5.97 Å². The van der Waals surface area contributed by atoms with Crippen molar-refractivity contribution < 1.29 is 54.0 Å². The zero-order valence-electron chi connectivity index (χ0n) is 35.1. The van der Waals surface area contributed by atoms with Crippen molar-refractivity contribution in [3.63, 3.8) is 0 Å². The summed E-state index contributed by atoms with van der Waals surface area (Å²) < 4.78 is 0. The molecule has 10 N–H and O–H groups in total. The largest absolute Gasteiger partial charge is 0.508 e. The second kappa shape index (κ2) is 27.0. The fourth-order valence-corrected chi connectivity index (χ4v) is 5.95. The average Bonchev–Trinajstić information content (AvgIpc) is 3.15. The standard InChI is InChI=1S/C41H68N6O11/c1-8-9-10-11-12-13-14-16-30(49)17-15-18-33(51)46-35(28(7)48)40(56)44-26(5)37(53)42-25(4)36(52)43-27(6)38(54)45-32(23-29-19-21-31(50)22-20-29)39(55)47-34(24(2)3)41(57)58/h19-22,24-28,30,32,34-35,48-50H,8-18,23H2,1-7H3,(H,42,53)(H,43,52)(H,44,56)(H,45,54)(H,46,51)(H,47,55)(H,57,58)/t25-,26+,27-,28+,30?,32+,34-,35-/m0/s1. The Morgan fingerprint density at radius 1 is 0.569 bits per heavy atom. The van der Waals surface area contributed by atoms with Crippen LogP contribution in [-0.4, -0.2) is 110 Å². The van der Waals surface area contributed by atoms with Gasteiger partial charge in [0, 0.05) is 12.8 Å². The Hall–Kier alpha value is -4.77. The predicted octanol–water partition coefficient (Wildman–Crippen LogP) is 1.70.